The predicted octanol–water partition coefficient (Wildman–Crippen LogP) is 1.38. The number of nitrogens with one attached hydrogen (secondary N) is 1. The van der Waals surface area contributed by atoms with Crippen molar-refractivity contribution in [3.8, 4) is 0 Å². The number of rotatable bonds is 5. The average Bonchev–Trinajstić information content (AvgIpc) is 3.05. The number of ether oxygens (including phenoxy) is 2. The highest BCUT2D eigenvalue weighted by Gasteiger charge is 2.40. The van der Waals surface area contributed by atoms with Crippen molar-refractivity contribution in [3.05, 3.63) is 21.0 Å². The van der Waals surface area contributed by atoms with E-state index in [0.29, 0.717) is 23.7 Å². The normalized spacial score (nSPS) is 28.0. The van der Waals surface area contributed by atoms with Gasteiger partial charge in [-0.15, -0.1) is 0 Å². The molecule has 6 nitrogen and oxygen atoms in total. The largest absolute Gasteiger partial charge is 0.383 e. The molecule has 0 saturated carbocycles. The molecule has 0 spiro atoms. The molecular formula is C13H18BrN3O3. The molecule has 2 bridgehead atoms. The zero-order valence-electron chi connectivity index (χ0n) is 11.3. The predicted molar refractivity (Wildman–Crippen MR) is 78.0 cm³/mol. The number of anilines is 1. The second-order valence-corrected chi connectivity index (χ2v) is 6.05. The van der Waals surface area contributed by atoms with Crippen LogP contribution in [-0.4, -0.2) is 41.7 Å². The Bertz CT molecular complexity index is 548. The highest BCUT2D eigenvalue weighted by atomic mass is 79.9. The van der Waals surface area contributed by atoms with Crippen LogP contribution >= 0.6 is 15.9 Å². The Hall–Kier alpha value is -0.920. The van der Waals surface area contributed by atoms with Crippen LogP contribution in [0.4, 0.5) is 5.69 Å². The standard InChI is InChI=1S/C13H18BrN3O3/c1-19-5-4-17-13(18)12(14)10(7-15-17)16-9-6-8-2-3-11(9)20-8/h7-9,11,16H,2-6H2,1H3. The molecule has 2 aliphatic rings. The van der Waals surface area contributed by atoms with Gasteiger partial charge in [-0.3, -0.25) is 4.79 Å². The van der Waals surface area contributed by atoms with Crippen molar-refractivity contribution in [1.29, 1.82) is 0 Å². The number of hydrogen-bond donors (Lipinski definition) is 1. The number of methoxy groups -OCH3 is 1. The molecule has 3 atom stereocenters. The van der Waals surface area contributed by atoms with Gasteiger partial charge in [0.15, 0.2) is 0 Å². The Labute approximate surface area is 125 Å². The molecule has 1 aromatic rings. The van der Waals surface area contributed by atoms with Crippen LogP contribution in [0.2, 0.25) is 0 Å². The molecule has 0 radical (unpaired) electrons. The van der Waals surface area contributed by atoms with Crippen molar-refractivity contribution < 1.29 is 9.47 Å². The van der Waals surface area contributed by atoms with E-state index in [9.17, 15) is 4.79 Å². The highest BCUT2D eigenvalue weighted by molar-refractivity contribution is 9.10. The molecule has 2 saturated heterocycles. The van der Waals surface area contributed by atoms with Gasteiger partial charge < -0.3 is 14.8 Å². The summed E-state index contributed by atoms with van der Waals surface area (Å²) < 4.78 is 12.7. The summed E-state index contributed by atoms with van der Waals surface area (Å²) in [5, 5.41) is 7.56. The Kier molecular flexibility index (Phi) is 4.09. The zero-order chi connectivity index (χ0) is 14.1. The number of aromatic nitrogens is 2. The Morgan fingerprint density at radius 1 is 1.60 bits per heavy atom. The monoisotopic (exact) mass is 343 g/mol. The maximum atomic E-state index is 12.2. The lowest BCUT2D eigenvalue weighted by Gasteiger charge is -2.21. The smallest absolute Gasteiger partial charge is 0.283 e. The van der Waals surface area contributed by atoms with Crippen molar-refractivity contribution in [3.63, 3.8) is 0 Å². The SMILES string of the molecule is COCCn1ncc(NC2CC3CCC2O3)c(Br)c1=O. The lowest BCUT2D eigenvalue weighted by Crippen LogP contribution is -2.32. The maximum absolute atomic E-state index is 12.2. The van der Waals surface area contributed by atoms with E-state index in [2.05, 4.69) is 26.3 Å². The molecule has 3 unspecified atom stereocenters. The molecule has 110 valence electrons. The number of nitrogens with zero attached hydrogens (tertiary/aromatic N) is 2. The topological polar surface area (TPSA) is 65.4 Å². The second kappa shape index (κ2) is 5.83. The molecular weight excluding hydrogens is 326 g/mol. The van der Waals surface area contributed by atoms with Crippen LogP contribution in [0.5, 0.6) is 0 Å². The van der Waals surface area contributed by atoms with Gasteiger partial charge in [-0.05, 0) is 35.2 Å². The molecule has 1 aromatic heterocycles. The van der Waals surface area contributed by atoms with Crippen molar-refractivity contribution in [2.45, 2.75) is 44.1 Å². The van der Waals surface area contributed by atoms with E-state index in [1.165, 1.54) is 4.68 Å². The van der Waals surface area contributed by atoms with E-state index >= 15 is 0 Å². The van der Waals surface area contributed by atoms with Gasteiger partial charge in [-0.1, -0.05) is 0 Å². The van der Waals surface area contributed by atoms with Crippen LogP contribution in [0.3, 0.4) is 0 Å². The van der Waals surface area contributed by atoms with E-state index in [-0.39, 0.29) is 17.7 Å². The Morgan fingerprint density at radius 2 is 2.45 bits per heavy atom. The third kappa shape index (κ3) is 2.62. The van der Waals surface area contributed by atoms with E-state index in [1.54, 1.807) is 13.3 Å². The Balaban J connectivity index is 1.74. The number of halogens is 1. The first kappa shape index (κ1) is 14.0. The molecule has 2 fully saturated rings. The summed E-state index contributed by atoms with van der Waals surface area (Å²) in [6.45, 7) is 0.914. The van der Waals surface area contributed by atoms with Gasteiger partial charge in [0.1, 0.15) is 4.47 Å². The summed E-state index contributed by atoms with van der Waals surface area (Å²) in [5.74, 6) is 0. The fraction of sp³-hybridized carbons (Fsp3) is 0.692. The fourth-order valence-corrected chi connectivity index (χ4v) is 3.31. The first-order chi connectivity index (χ1) is 9.69. The van der Waals surface area contributed by atoms with Gasteiger partial charge in [0.25, 0.3) is 5.56 Å². The summed E-state index contributed by atoms with van der Waals surface area (Å²) in [6.07, 6.45) is 5.59. The second-order valence-electron chi connectivity index (χ2n) is 5.25. The fourth-order valence-electron chi connectivity index (χ4n) is 2.89. The molecule has 1 N–H and O–H groups in total. The van der Waals surface area contributed by atoms with Gasteiger partial charge in [0.05, 0.1) is 43.3 Å². The van der Waals surface area contributed by atoms with Gasteiger partial charge in [0, 0.05) is 7.11 Å². The van der Waals surface area contributed by atoms with Crippen LogP contribution in [0.1, 0.15) is 19.3 Å². The van der Waals surface area contributed by atoms with E-state index in [0.717, 1.165) is 24.9 Å². The first-order valence-corrected chi connectivity index (χ1v) is 7.65. The number of fused-ring (bicyclic) bond motifs is 2. The van der Waals surface area contributed by atoms with Crippen molar-refractivity contribution in [2.75, 3.05) is 19.0 Å². The summed E-state index contributed by atoms with van der Waals surface area (Å²) >= 11 is 3.37. The van der Waals surface area contributed by atoms with E-state index < -0.39 is 0 Å². The molecule has 20 heavy (non-hydrogen) atoms. The minimum absolute atomic E-state index is 0.142. The van der Waals surface area contributed by atoms with Gasteiger partial charge in [-0.25, -0.2) is 4.68 Å². The van der Waals surface area contributed by atoms with Crippen molar-refractivity contribution >= 4 is 21.6 Å². The quantitative estimate of drug-likeness (QED) is 0.874. The first-order valence-electron chi connectivity index (χ1n) is 6.85. The van der Waals surface area contributed by atoms with E-state index in [4.69, 9.17) is 9.47 Å². The van der Waals surface area contributed by atoms with Crippen LogP contribution in [-0.2, 0) is 16.0 Å². The lowest BCUT2D eigenvalue weighted by molar-refractivity contribution is 0.102. The molecule has 3 rings (SSSR count). The van der Waals surface area contributed by atoms with Crippen LogP contribution in [0.15, 0.2) is 15.5 Å². The summed E-state index contributed by atoms with van der Waals surface area (Å²) in [6, 6.07) is 0.279. The van der Waals surface area contributed by atoms with Crippen molar-refractivity contribution in [1.82, 2.24) is 9.78 Å². The third-order valence-electron chi connectivity index (χ3n) is 3.94. The molecule has 0 aliphatic carbocycles. The average molecular weight is 344 g/mol. The zero-order valence-corrected chi connectivity index (χ0v) is 12.9. The van der Waals surface area contributed by atoms with Crippen LogP contribution < -0.4 is 10.9 Å². The Morgan fingerprint density at radius 3 is 3.10 bits per heavy atom. The molecule has 7 heteroatoms. The van der Waals surface area contributed by atoms with Crippen molar-refractivity contribution in [2.24, 2.45) is 0 Å². The minimum atomic E-state index is -0.142. The number of hydrogen-bond acceptors (Lipinski definition) is 5. The lowest BCUT2D eigenvalue weighted by atomic mass is 9.95. The van der Waals surface area contributed by atoms with E-state index in [1.807, 2.05) is 0 Å². The molecule has 0 amide bonds. The minimum Gasteiger partial charge on any atom is -0.383 e. The van der Waals surface area contributed by atoms with Gasteiger partial charge in [-0.2, -0.15) is 5.10 Å². The summed E-state index contributed by atoms with van der Waals surface area (Å²) in [5.41, 5.74) is 0.598. The van der Waals surface area contributed by atoms with Gasteiger partial charge >= 0.3 is 0 Å². The van der Waals surface area contributed by atoms with Crippen LogP contribution in [0, 0.1) is 0 Å². The summed E-state index contributed by atoms with van der Waals surface area (Å²) in [7, 11) is 1.60. The summed E-state index contributed by atoms with van der Waals surface area (Å²) in [4.78, 5) is 12.2. The molecule has 0 aromatic carbocycles. The van der Waals surface area contributed by atoms with Gasteiger partial charge in [0.2, 0.25) is 0 Å². The highest BCUT2D eigenvalue weighted by Crippen LogP contribution is 2.36. The third-order valence-corrected chi connectivity index (χ3v) is 4.71. The van der Waals surface area contributed by atoms with Crippen LogP contribution in [0.25, 0.3) is 0 Å². The molecule has 3 heterocycles. The maximum Gasteiger partial charge on any atom is 0.283 e. The molecule has 2 aliphatic heterocycles.